The molecule has 1 saturated carbocycles. The molecule has 0 spiro atoms. The lowest BCUT2D eigenvalue weighted by Crippen LogP contribution is -2.49. The maximum absolute atomic E-state index is 12.5. The third kappa shape index (κ3) is 3.24. The fourth-order valence-corrected chi connectivity index (χ4v) is 3.86. The van der Waals surface area contributed by atoms with Crippen molar-refractivity contribution in [2.75, 3.05) is 0 Å². The van der Waals surface area contributed by atoms with Crippen LogP contribution in [0.15, 0.2) is 30.3 Å². The number of benzene rings is 1. The molecule has 0 radical (unpaired) electrons. The van der Waals surface area contributed by atoms with Gasteiger partial charge in [0.2, 0.25) is 0 Å². The van der Waals surface area contributed by atoms with Crippen molar-refractivity contribution in [2.45, 2.75) is 57.4 Å². The van der Waals surface area contributed by atoms with Crippen LogP contribution in [-0.4, -0.2) is 40.1 Å². The molecule has 1 heterocycles. The van der Waals surface area contributed by atoms with Crippen LogP contribution in [0.1, 0.15) is 38.2 Å². The van der Waals surface area contributed by atoms with E-state index in [-0.39, 0.29) is 24.5 Å². The van der Waals surface area contributed by atoms with E-state index in [0.29, 0.717) is 12.3 Å². The highest BCUT2D eigenvalue weighted by atomic mass is 16.5. The summed E-state index contributed by atoms with van der Waals surface area (Å²) in [6, 6.07) is 9.01. The molecular weight excluding hydrogens is 294 g/mol. The Hall–Kier alpha value is -1.88. The molecule has 0 aromatic heterocycles. The van der Waals surface area contributed by atoms with Crippen LogP contribution < -0.4 is 0 Å². The Balaban J connectivity index is 1.69. The average Bonchev–Trinajstić information content (AvgIpc) is 3.13. The van der Waals surface area contributed by atoms with E-state index in [9.17, 15) is 14.7 Å². The molecule has 0 unspecified atom stereocenters. The molecule has 1 saturated heterocycles. The summed E-state index contributed by atoms with van der Waals surface area (Å²) in [5, 5.41) is 9.67. The summed E-state index contributed by atoms with van der Waals surface area (Å²) in [4.78, 5) is 26.4. The number of ether oxygens (including phenoxy) is 1. The van der Waals surface area contributed by atoms with Crippen LogP contribution in [0.2, 0.25) is 0 Å². The number of likely N-dealkylation sites (tertiary alicyclic amines) is 1. The van der Waals surface area contributed by atoms with Gasteiger partial charge in [0.1, 0.15) is 18.8 Å². The van der Waals surface area contributed by atoms with Crippen LogP contribution in [-0.2, 0) is 20.9 Å². The van der Waals surface area contributed by atoms with Crippen LogP contribution in [0.4, 0.5) is 0 Å². The molecule has 1 aromatic rings. The average molecular weight is 317 g/mol. The van der Waals surface area contributed by atoms with E-state index in [1.54, 1.807) is 4.90 Å². The SMILES string of the molecule is C[C@@H](O)C(=O)N1[C@H](C(=O)OCc2ccccc2)C[C@@H]2CCC[C@@H]21. The zero-order chi connectivity index (χ0) is 16.4. The molecule has 3 rings (SSSR count). The first kappa shape index (κ1) is 16.0. The molecule has 2 aliphatic rings. The number of hydrogen-bond donors (Lipinski definition) is 1. The smallest absolute Gasteiger partial charge is 0.329 e. The summed E-state index contributed by atoms with van der Waals surface area (Å²) in [5.74, 6) is -0.370. The van der Waals surface area contributed by atoms with Crippen molar-refractivity contribution in [2.24, 2.45) is 5.92 Å². The Morgan fingerprint density at radius 2 is 2.04 bits per heavy atom. The van der Waals surface area contributed by atoms with Crippen LogP contribution in [0.5, 0.6) is 0 Å². The molecule has 1 aromatic carbocycles. The number of carbonyl (C=O) groups is 2. The molecular formula is C18H23NO4. The molecule has 23 heavy (non-hydrogen) atoms. The van der Waals surface area contributed by atoms with E-state index in [1.165, 1.54) is 6.92 Å². The second-order valence-corrected chi connectivity index (χ2v) is 6.52. The molecule has 1 N–H and O–H groups in total. The third-order valence-electron chi connectivity index (χ3n) is 4.95. The second kappa shape index (κ2) is 6.71. The summed E-state index contributed by atoms with van der Waals surface area (Å²) >= 11 is 0. The Morgan fingerprint density at radius 1 is 1.30 bits per heavy atom. The predicted octanol–water partition coefficient (Wildman–Crippen LogP) is 1.88. The Labute approximate surface area is 136 Å². The van der Waals surface area contributed by atoms with Crippen molar-refractivity contribution in [3.63, 3.8) is 0 Å². The van der Waals surface area contributed by atoms with E-state index >= 15 is 0 Å². The third-order valence-corrected chi connectivity index (χ3v) is 4.95. The molecule has 124 valence electrons. The van der Waals surface area contributed by atoms with E-state index in [1.807, 2.05) is 30.3 Å². The van der Waals surface area contributed by atoms with Crippen LogP contribution in [0.25, 0.3) is 0 Å². The van der Waals surface area contributed by atoms with E-state index in [4.69, 9.17) is 4.74 Å². The van der Waals surface area contributed by atoms with E-state index in [0.717, 1.165) is 24.8 Å². The molecule has 2 fully saturated rings. The van der Waals surface area contributed by atoms with Crippen molar-refractivity contribution in [1.82, 2.24) is 4.90 Å². The standard InChI is InChI=1S/C18H23NO4/c1-12(20)17(21)19-15-9-5-8-14(15)10-16(19)18(22)23-11-13-6-3-2-4-7-13/h2-4,6-7,12,14-16,20H,5,8-11H2,1H3/t12-,14+,15+,16+/m1/s1. The van der Waals surface area contributed by atoms with Gasteiger partial charge in [-0.05, 0) is 37.7 Å². The molecule has 5 heteroatoms. The monoisotopic (exact) mass is 317 g/mol. The lowest BCUT2D eigenvalue weighted by Gasteiger charge is -2.29. The van der Waals surface area contributed by atoms with Gasteiger partial charge in [-0.15, -0.1) is 0 Å². The summed E-state index contributed by atoms with van der Waals surface area (Å²) in [5.41, 5.74) is 0.924. The minimum atomic E-state index is -1.08. The molecule has 5 nitrogen and oxygen atoms in total. The highest BCUT2D eigenvalue weighted by Crippen LogP contribution is 2.41. The Morgan fingerprint density at radius 3 is 2.74 bits per heavy atom. The Bertz CT molecular complexity index is 572. The lowest BCUT2D eigenvalue weighted by molar-refractivity contribution is -0.158. The van der Waals surface area contributed by atoms with Gasteiger partial charge in [-0.1, -0.05) is 36.8 Å². The number of rotatable bonds is 4. The van der Waals surface area contributed by atoms with Crippen molar-refractivity contribution in [1.29, 1.82) is 0 Å². The maximum Gasteiger partial charge on any atom is 0.329 e. The quantitative estimate of drug-likeness (QED) is 0.861. The number of fused-ring (bicyclic) bond motifs is 1. The van der Waals surface area contributed by atoms with Gasteiger partial charge in [0.05, 0.1) is 0 Å². The predicted molar refractivity (Wildman–Crippen MR) is 84.3 cm³/mol. The van der Waals surface area contributed by atoms with Crippen molar-refractivity contribution in [3.05, 3.63) is 35.9 Å². The number of hydrogen-bond acceptors (Lipinski definition) is 4. The maximum atomic E-state index is 12.5. The number of esters is 1. The van der Waals surface area contributed by atoms with Gasteiger partial charge in [-0.2, -0.15) is 0 Å². The second-order valence-electron chi connectivity index (χ2n) is 6.52. The fraction of sp³-hybridized carbons (Fsp3) is 0.556. The number of aliphatic hydroxyl groups is 1. The van der Waals surface area contributed by atoms with E-state index < -0.39 is 12.1 Å². The van der Waals surface area contributed by atoms with Crippen molar-refractivity contribution in [3.8, 4) is 0 Å². The summed E-state index contributed by atoms with van der Waals surface area (Å²) in [6.07, 6.45) is 2.59. The van der Waals surface area contributed by atoms with Crippen molar-refractivity contribution < 1.29 is 19.4 Å². The minimum Gasteiger partial charge on any atom is -0.459 e. The highest BCUT2D eigenvalue weighted by Gasteiger charge is 2.49. The molecule has 0 bridgehead atoms. The lowest BCUT2D eigenvalue weighted by atomic mass is 10.0. The van der Waals surface area contributed by atoms with Crippen LogP contribution in [0.3, 0.4) is 0 Å². The molecule has 1 aliphatic carbocycles. The summed E-state index contributed by atoms with van der Waals surface area (Å²) in [7, 11) is 0. The zero-order valence-corrected chi connectivity index (χ0v) is 13.4. The van der Waals surface area contributed by atoms with Gasteiger partial charge in [0.25, 0.3) is 5.91 Å². The molecule has 4 atom stereocenters. The number of amides is 1. The Kier molecular flexibility index (Phi) is 4.66. The van der Waals surface area contributed by atoms with Gasteiger partial charge in [0.15, 0.2) is 0 Å². The molecule has 1 amide bonds. The largest absolute Gasteiger partial charge is 0.459 e. The van der Waals surface area contributed by atoms with Gasteiger partial charge < -0.3 is 14.7 Å². The van der Waals surface area contributed by atoms with E-state index in [2.05, 4.69) is 0 Å². The number of carbonyl (C=O) groups excluding carboxylic acids is 2. The summed E-state index contributed by atoms with van der Waals surface area (Å²) in [6.45, 7) is 1.67. The minimum absolute atomic E-state index is 0.0753. The van der Waals surface area contributed by atoms with Gasteiger partial charge >= 0.3 is 5.97 Å². The normalized spacial score (nSPS) is 27.6. The van der Waals surface area contributed by atoms with Gasteiger partial charge in [0, 0.05) is 6.04 Å². The van der Waals surface area contributed by atoms with Gasteiger partial charge in [-0.25, -0.2) is 4.79 Å². The van der Waals surface area contributed by atoms with Crippen molar-refractivity contribution >= 4 is 11.9 Å². The van der Waals surface area contributed by atoms with Crippen LogP contribution in [0, 0.1) is 5.92 Å². The highest BCUT2D eigenvalue weighted by molar-refractivity contribution is 5.87. The number of aliphatic hydroxyl groups excluding tert-OH is 1. The van der Waals surface area contributed by atoms with Crippen LogP contribution >= 0.6 is 0 Å². The van der Waals surface area contributed by atoms with Gasteiger partial charge in [-0.3, -0.25) is 4.79 Å². The number of nitrogens with zero attached hydrogens (tertiary/aromatic N) is 1. The zero-order valence-electron chi connectivity index (χ0n) is 13.4. The first-order chi connectivity index (χ1) is 11.1. The summed E-state index contributed by atoms with van der Waals surface area (Å²) < 4.78 is 5.42. The fourth-order valence-electron chi connectivity index (χ4n) is 3.86. The topological polar surface area (TPSA) is 66.8 Å². The molecule has 1 aliphatic heterocycles. The first-order valence-corrected chi connectivity index (χ1v) is 8.28. The first-order valence-electron chi connectivity index (χ1n) is 8.28.